The zero-order chi connectivity index (χ0) is 15.7. The molecule has 0 aliphatic carbocycles. The molecule has 0 aromatic heterocycles. The molecule has 0 aliphatic heterocycles. The maximum absolute atomic E-state index is 11.5. The van der Waals surface area contributed by atoms with Gasteiger partial charge >= 0.3 is 11.9 Å². The second kappa shape index (κ2) is 8.57. The topological polar surface area (TPSA) is 116 Å². The first-order valence-electron chi connectivity index (χ1n) is 6.55. The fraction of sp³-hybridized carbons (Fsp3) is 0.357. The van der Waals surface area contributed by atoms with E-state index >= 15 is 0 Å². The molecule has 4 N–H and O–H groups in total. The minimum Gasteiger partial charge on any atom is -0.508 e. The van der Waals surface area contributed by atoms with Crippen LogP contribution in [-0.2, 0) is 20.8 Å². The van der Waals surface area contributed by atoms with Crippen LogP contribution in [0, 0.1) is 0 Å². The third kappa shape index (κ3) is 6.95. The number of carboxylic acid groups (broad SMARTS) is 1. The fourth-order valence-corrected chi connectivity index (χ4v) is 1.67. The molecule has 21 heavy (non-hydrogen) atoms. The summed E-state index contributed by atoms with van der Waals surface area (Å²) in [5.41, 5.74) is 0.920. The molecular formula is C14H18N2O5. The number of phenols is 1. The normalized spacial score (nSPS) is 9.90. The Kier molecular flexibility index (Phi) is 6.73. The van der Waals surface area contributed by atoms with Crippen molar-refractivity contribution in [3.8, 4) is 5.75 Å². The van der Waals surface area contributed by atoms with E-state index in [-0.39, 0.29) is 24.6 Å². The highest BCUT2D eigenvalue weighted by atomic mass is 16.4. The number of phenolic OH excluding ortho intramolecular Hbond substituents is 1. The lowest BCUT2D eigenvalue weighted by atomic mass is 10.1. The van der Waals surface area contributed by atoms with Crippen molar-refractivity contribution in [1.82, 2.24) is 10.6 Å². The number of amides is 2. The van der Waals surface area contributed by atoms with Crippen molar-refractivity contribution in [2.24, 2.45) is 0 Å². The maximum Gasteiger partial charge on any atom is 0.394 e. The summed E-state index contributed by atoms with van der Waals surface area (Å²) >= 11 is 0. The molecule has 0 fully saturated rings. The standard InChI is InChI=1S/C14H18N2O5/c17-11-4-1-3-10(9-11)6-8-15-12(18)5-2-7-16-13(19)14(20)21/h1,3-4,9,17H,2,5-8H2,(H,15,18)(H,16,19)(H,20,21). The number of nitrogens with one attached hydrogen (secondary N) is 2. The summed E-state index contributed by atoms with van der Waals surface area (Å²) in [6, 6.07) is 6.80. The number of hydrogen-bond acceptors (Lipinski definition) is 4. The molecule has 114 valence electrons. The number of hydrogen-bond donors (Lipinski definition) is 4. The van der Waals surface area contributed by atoms with Crippen LogP contribution in [0.3, 0.4) is 0 Å². The van der Waals surface area contributed by atoms with Crippen LogP contribution >= 0.6 is 0 Å². The SMILES string of the molecule is O=C(CCCNC(=O)C(=O)O)NCCc1cccc(O)c1. The predicted molar refractivity (Wildman–Crippen MR) is 74.7 cm³/mol. The Morgan fingerprint density at radius 3 is 2.52 bits per heavy atom. The predicted octanol–water partition coefficient (Wildman–Crippen LogP) is 0.0319. The van der Waals surface area contributed by atoms with Gasteiger partial charge in [0.2, 0.25) is 5.91 Å². The van der Waals surface area contributed by atoms with Crippen LogP contribution in [0.15, 0.2) is 24.3 Å². The van der Waals surface area contributed by atoms with E-state index in [0.29, 0.717) is 19.4 Å². The molecule has 7 nitrogen and oxygen atoms in total. The Balaban J connectivity index is 2.11. The molecule has 0 unspecified atom stereocenters. The van der Waals surface area contributed by atoms with Gasteiger partial charge in [-0.3, -0.25) is 9.59 Å². The van der Waals surface area contributed by atoms with Gasteiger partial charge < -0.3 is 20.8 Å². The summed E-state index contributed by atoms with van der Waals surface area (Å²) in [5, 5.41) is 22.5. The van der Waals surface area contributed by atoms with Crippen molar-refractivity contribution in [2.45, 2.75) is 19.3 Å². The monoisotopic (exact) mass is 294 g/mol. The first kappa shape index (κ1) is 16.5. The number of aliphatic carboxylic acids is 1. The smallest absolute Gasteiger partial charge is 0.394 e. The lowest BCUT2D eigenvalue weighted by molar-refractivity contribution is -0.150. The van der Waals surface area contributed by atoms with Gasteiger partial charge in [-0.05, 0) is 30.5 Å². The Labute approximate surface area is 122 Å². The van der Waals surface area contributed by atoms with Crippen molar-refractivity contribution in [1.29, 1.82) is 0 Å². The molecule has 0 saturated heterocycles. The summed E-state index contributed by atoms with van der Waals surface area (Å²) in [4.78, 5) is 32.4. The highest BCUT2D eigenvalue weighted by Gasteiger charge is 2.09. The second-order valence-corrected chi connectivity index (χ2v) is 4.43. The number of rotatable bonds is 7. The average molecular weight is 294 g/mol. The Bertz CT molecular complexity index is 516. The average Bonchev–Trinajstić information content (AvgIpc) is 2.43. The number of carbonyl (C=O) groups excluding carboxylic acids is 2. The first-order valence-corrected chi connectivity index (χ1v) is 6.55. The molecule has 0 bridgehead atoms. The van der Waals surface area contributed by atoms with Gasteiger partial charge in [-0.2, -0.15) is 0 Å². The van der Waals surface area contributed by atoms with Crippen molar-refractivity contribution in [3.05, 3.63) is 29.8 Å². The second-order valence-electron chi connectivity index (χ2n) is 4.43. The highest BCUT2D eigenvalue weighted by molar-refractivity contribution is 6.31. The van der Waals surface area contributed by atoms with E-state index < -0.39 is 11.9 Å². The zero-order valence-electron chi connectivity index (χ0n) is 11.5. The number of carbonyl (C=O) groups is 3. The Morgan fingerprint density at radius 2 is 1.86 bits per heavy atom. The Hall–Kier alpha value is -2.57. The largest absolute Gasteiger partial charge is 0.508 e. The van der Waals surface area contributed by atoms with Gasteiger partial charge in [-0.25, -0.2) is 4.79 Å². The molecule has 0 radical (unpaired) electrons. The van der Waals surface area contributed by atoms with E-state index in [1.807, 2.05) is 6.07 Å². The molecule has 0 atom stereocenters. The molecule has 0 aliphatic rings. The van der Waals surface area contributed by atoms with Crippen LogP contribution in [0.25, 0.3) is 0 Å². The molecule has 0 saturated carbocycles. The van der Waals surface area contributed by atoms with Crippen molar-refractivity contribution >= 4 is 17.8 Å². The van der Waals surface area contributed by atoms with Crippen molar-refractivity contribution in [2.75, 3.05) is 13.1 Å². The molecule has 0 spiro atoms. The van der Waals surface area contributed by atoms with Crippen molar-refractivity contribution in [3.63, 3.8) is 0 Å². The van der Waals surface area contributed by atoms with Gasteiger partial charge in [-0.1, -0.05) is 12.1 Å². The molecular weight excluding hydrogens is 276 g/mol. The third-order valence-corrected chi connectivity index (χ3v) is 2.71. The molecule has 2 amide bonds. The third-order valence-electron chi connectivity index (χ3n) is 2.71. The maximum atomic E-state index is 11.5. The first-order chi connectivity index (χ1) is 9.99. The van der Waals surface area contributed by atoms with Gasteiger partial charge in [0.1, 0.15) is 5.75 Å². The van der Waals surface area contributed by atoms with Gasteiger partial charge in [0.05, 0.1) is 0 Å². The van der Waals surface area contributed by atoms with Crippen LogP contribution in [-0.4, -0.2) is 41.1 Å². The van der Waals surface area contributed by atoms with Crippen molar-refractivity contribution < 1.29 is 24.6 Å². The summed E-state index contributed by atoms with van der Waals surface area (Å²) in [6.45, 7) is 0.592. The van der Waals surface area contributed by atoms with E-state index in [0.717, 1.165) is 5.56 Å². The Morgan fingerprint density at radius 1 is 1.10 bits per heavy atom. The van der Waals surface area contributed by atoms with Gasteiger partial charge in [-0.15, -0.1) is 0 Å². The molecule has 7 heteroatoms. The van der Waals surface area contributed by atoms with Crippen LogP contribution in [0.5, 0.6) is 5.75 Å². The minimum atomic E-state index is -1.54. The summed E-state index contributed by atoms with van der Waals surface area (Å²) in [5.74, 6) is -2.59. The van der Waals surface area contributed by atoms with E-state index in [1.165, 1.54) is 0 Å². The van der Waals surface area contributed by atoms with Gasteiger partial charge in [0.25, 0.3) is 0 Å². The van der Waals surface area contributed by atoms with Crippen LogP contribution in [0.1, 0.15) is 18.4 Å². The number of carboxylic acids is 1. The van der Waals surface area contributed by atoms with Crippen LogP contribution in [0.4, 0.5) is 0 Å². The number of benzene rings is 1. The van der Waals surface area contributed by atoms with Gasteiger partial charge in [0, 0.05) is 19.5 Å². The van der Waals surface area contributed by atoms with E-state index in [2.05, 4.69) is 10.6 Å². The van der Waals surface area contributed by atoms with E-state index in [1.54, 1.807) is 18.2 Å². The summed E-state index contributed by atoms with van der Waals surface area (Å²) in [7, 11) is 0. The molecule has 1 aromatic carbocycles. The van der Waals surface area contributed by atoms with Crippen LogP contribution in [0.2, 0.25) is 0 Å². The minimum absolute atomic E-state index is 0.144. The summed E-state index contributed by atoms with van der Waals surface area (Å²) < 4.78 is 0. The number of aromatic hydroxyl groups is 1. The quantitative estimate of drug-likeness (QED) is 0.418. The zero-order valence-corrected chi connectivity index (χ0v) is 11.5. The molecule has 1 aromatic rings. The van der Waals surface area contributed by atoms with E-state index in [4.69, 9.17) is 5.11 Å². The highest BCUT2D eigenvalue weighted by Crippen LogP contribution is 2.10. The van der Waals surface area contributed by atoms with E-state index in [9.17, 15) is 19.5 Å². The fourth-order valence-electron chi connectivity index (χ4n) is 1.67. The lowest BCUT2D eigenvalue weighted by Crippen LogP contribution is -2.32. The van der Waals surface area contributed by atoms with Crippen LogP contribution < -0.4 is 10.6 Å². The summed E-state index contributed by atoms with van der Waals surface area (Å²) in [6.07, 6.45) is 1.19. The molecule has 0 heterocycles. The lowest BCUT2D eigenvalue weighted by Gasteiger charge is -2.06. The van der Waals surface area contributed by atoms with Gasteiger partial charge in [0.15, 0.2) is 0 Å². The molecule has 1 rings (SSSR count).